The van der Waals surface area contributed by atoms with E-state index >= 15 is 0 Å². The molecule has 0 saturated carbocycles. The Morgan fingerprint density at radius 1 is 1.11 bits per heavy atom. The summed E-state index contributed by atoms with van der Waals surface area (Å²) in [4.78, 5) is 23.3. The second-order valence-electron chi connectivity index (χ2n) is 4.93. The standard InChI is InChI=1S/C15H17NO2/c1-9-5-11(3)15-13(6-9)10(2)7-14(18)16(15)8-12(4)17/h5-7H,8H2,1-4H3. The van der Waals surface area contributed by atoms with E-state index < -0.39 is 0 Å². The van der Waals surface area contributed by atoms with Crippen LogP contribution in [0.3, 0.4) is 0 Å². The number of aryl methyl sites for hydroxylation is 3. The summed E-state index contributed by atoms with van der Waals surface area (Å²) in [5.74, 6) is -0.0118. The maximum atomic E-state index is 12.0. The van der Waals surface area contributed by atoms with Crippen LogP contribution < -0.4 is 5.56 Å². The maximum Gasteiger partial charge on any atom is 0.251 e. The number of pyridine rings is 1. The Hall–Kier alpha value is -1.90. The van der Waals surface area contributed by atoms with Gasteiger partial charge in [0.15, 0.2) is 0 Å². The number of aromatic nitrogens is 1. The van der Waals surface area contributed by atoms with Crippen LogP contribution >= 0.6 is 0 Å². The van der Waals surface area contributed by atoms with Gasteiger partial charge in [-0.2, -0.15) is 0 Å². The average Bonchev–Trinajstić information content (AvgIpc) is 2.23. The zero-order chi connectivity index (χ0) is 13.4. The molecule has 1 aromatic carbocycles. The highest BCUT2D eigenvalue weighted by atomic mass is 16.1. The highest BCUT2D eigenvalue weighted by Crippen LogP contribution is 2.22. The Kier molecular flexibility index (Phi) is 3.07. The van der Waals surface area contributed by atoms with Gasteiger partial charge in [-0.25, -0.2) is 0 Å². The Labute approximate surface area is 106 Å². The van der Waals surface area contributed by atoms with Crippen LogP contribution in [-0.2, 0) is 11.3 Å². The van der Waals surface area contributed by atoms with Crippen molar-refractivity contribution < 1.29 is 4.79 Å². The van der Waals surface area contributed by atoms with Gasteiger partial charge < -0.3 is 4.57 Å². The van der Waals surface area contributed by atoms with Crippen LogP contribution in [0.2, 0.25) is 0 Å². The Morgan fingerprint density at radius 3 is 2.39 bits per heavy atom. The van der Waals surface area contributed by atoms with E-state index in [4.69, 9.17) is 0 Å². The number of rotatable bonds is 2. The van der Waals surface area contributed by atoms with Crippen molar-refractivity contribution in [3.8, 4) is 0 Å². The Bertz CT molecular complexity index is 696. The molecule has 3 heteroatoms. The summed E-state index contributed by atoms with van der Waals surface area (Å²) >= 11 is 0. The molecule has 0 aliphatic heterocycles. The molecule has 0 N–H and O–H groups in total. The minimum absolute atomic E-state index is 0.0118. The summed E-state index contributed by atoms with van der Waals surface area (Å²) in [6.07, 6.45) is 0. The normalized spacial score (nSPS) is 10.9. The fourth-order valence-electron chi connectivity index (χ4n) is 2.45. The minimum atomic E-state index is -0.109. The van der Waals surface area contributed by atoms with E-state index in [0.29, 0.717) is 0 Å². The van der Waals surface area contributed by atoms with E-state index in [1.165, 1.54) is 6.92 Å². The number of carbonyl (C=O) groups is 1. The first-order valence-electron chi connectivity index (χ1n) is 6.01. The molecule has 0 aliphatic carbocycles. The molecule has 0 spiro atoms. The fraction of sp³-hybridized carbons (Fsp3) is 0.333. The van der Waals surface area contributed by atoms with Crippen LogP contribution in [-0.4, -0.2) is 10.4 Å². The lowest BCUT2D eigenvalue weighted by Crippen LogP contribution is -2.24. The quantitative estimate of drug-likeness (QED) is 0.813. The van der Waals surface area contributed by atoms with E-state index in [1.54, 1.807) is 10.6 Å². The third kappa shape index (κ3) is 2.08. The summed E-state index contributed by atoms with van der Waals surface area (Å²) in [5.41, 5.74) is 3.92. The number of ketones is 1. The number of fused-ring (bicyclic) bond motifs is 1. The molecule has 0 atom stereocenters. The monoisotopic (exact) mass is 243 g/mol. The topological polar surface area (TPSA) is 39.1 Å². The zero-order valence-electron chi connectivity index (χ0n) is 11.2. The zero-order valence-corrected chi connectivity index (χ0v) is 11.2. The maximum absolute atomic E-state index is 12.0. The van der Waals surface area contributed by atoms with Crippen LogP contribution in [0.1, 0.15) is 23.6 Å². The largest absolute Gasteiger partial charge is 0.301 e. The number of Topliss-reactive ketones (excluding diaryl/α,β-unsaturated/α-hetero) is 1. The van der Waals surface area contributed by atoms with Crippen LogP contribution in [0.15, 0.2) is 23.0 Å². The number of carbonyl (C=O) groups excluding carboxylic acids is 1. The SMILES string of the molecule is CC(=O)Cn1c(=O)cc(C)c2cc(C)cc(C)c21. The molecule has 18 heavy (non-hydrogen) atoms. The van der Waals surface area contributed by atoms with Crippen molar-refractivity contribution in [1.82, 2.24) is 4.57 Å². The number of benzene rings is 1. The number of nitrogens with zero attached hydrogens (tertiary/aromatic N) is 1. The molecular weight excluding hydrogens is 226 g/mol. The highest BCUT2D eigenvalue weighted by Gasteiger charge is 2.10. The van der Waals surface area contributed by atoms with Crippen molar-refractivity contribution in [2.24, 2.45) is 0 Å². The summed E-state index contributed by atoms with van der Waals surface area (Å²) in [5, 5.41) is 1.05. The average molecular weight is 243 g/mol. The number of hydrogen-bond donors (Lipinski definition) is 0. The van der Waals surface area contributed by atoms with E-state index in [9.17, 15) is 9.59 Å². The molecule has 0 aliphatic rings. The van der Waals surface area contributed by atoms with Gasteiger partial charge in [-0.3, -0.25) is 9.59 Å². The van der Waals surface area contributed by atoms with Crippen molar-refractivity contribution in [2.75, 3.05) is 0 Å². The van der Waals surface area contributed by atoms with Crippen LogP contribution in [0, 0.1) is 20.8 Å². The summed E-state index contributed by atoms with van der Waals surface area (Å²) < 4.78 is 1.57. The van der Waals surface area contributed by atoms with Gasteiger partial charge in [0.05, 0.1) is 12.1 Å². The fourth-order valence-corrected chi connectivity index (χ4v) is 2.45. The van der Waals surface area contributed by atoms with Crippen molar-refractivity contribution in [3.63, 3.8) is 0 Å². The van der Waals surface area contributed by atoms with Gasteiger partial charge in [-0.05, 0) is 44.9 Å². The molecule has 0 saturated heterocycles. The Balaban J connectivity index is 2.93. The molecule has 1 aromatic heterocycles. The van der Waals surface area contributed by atoms with Gasteiger partial charge in [-0.1, -0.05) is 11.6 Å². The van der Waals surface area contributed by atoms with E-state index in [2.05, 4.69) is 6.07 Å². The van der Waals surface area contributed by atoms with Gasteiger partial charge in [0.2, 0.25) is 0 Å². The van der Waals surface area contributed by atoms with E-state index in [0.717, 1.165) is 27.6 Å². The molecule has 0 fully saturated rings. The van der Waals surface area contributed by atoms with Crippen LogP contribution in [0.25, 0.3) is 10.9 Å². The molecule has 1 heterocycles. The van der Waals surface area contributed by atoms with E-state index in [1.807, 2.05) is 26.8 Å². The molecule has 0 unspecified atom stereocenters. The molecule has 0 bridgehead atoms. The van der Waals surface area contributed by atoms with Crippen LogP contribution in [0.4, 0.5) is 0 Å². The minimum Gasteiger partial charge on any atom is -0.301 e. The van der Waals surface area contributed by atoms with Gasteiger partial charge in [-0.15, -0.1) is 0 Å². The van der Waals surface area contributed by atoms with Crippen LogP contribution in [0.5, 0.6) is 0 Å². The summed E-state index contributed by atoms with van der Waals surface area (Å²) in [6.45, 7) is 7.58. The predicted octanol–water partition coefficient (Wildman–Crippen LogP) is 2.52. The van der Waals surface area contributed by atoms with Crippen molar-refractivity contribution in [1.29, 1.82) is 0 Å². The van der Waals surface area contributed by atoms with E-state index in [-0.39, 0.29) is 17.9 Å². The first kappa shape index (κ1) is 12.6. The Morgan fingerprint density at radius 2 is 1.78 bits per heavy atom. The molecule has 3 nitrogen and oxygen atoms in total. The second kappa shape index (κ2) is 4.41. The lowest BCUT2D eigenvalue weighted by Gasteiger charge is -2.14. The third-order valence-corrected chi connectivity index (χ3v) is 3.13. The van der Waals surface area contributed by atoms with Crippen molar-refractivity contribution >= 4 is 16.7 Å². The molecule has 0 radical (unpaired) electrons. The second-order valence-corrected chi connectivity index (χ2v) is 4.93. The molecular formula is C15H17NO2. The molecule has 0 amide bonds. The smallest absolute Gasteiger partial charge is 0.251 e. The van der Waals surface area contributed by atoms with Gasteiger partial charge in [0.1, 0.15) is 5.78 Å². The van der Waals surface area contributed by atoms with Crippen molar-refractivity contribution in [3.05, 3.63) is 45.2 Å². The molecule has 2 aromatic rings. The molecule has 2 rings (SSSR count). The lowest BCUT2D eigenvalue weighted by molar-refractivity contribution is -0.117. The third-order valence-electron chi connectivity index (χ3n) is 3.13. The van der Waals surface area contributed by atoms with Crippen molar-refractivity contribution in [2.45, 2.75) is 34.2 Å². The highest BCUT2D eigenvalue weighted by molar-refractivity contribution is 5.87. The number of hydrogen-bond acceptors (Lipinski definition) is 2. The summed E-state index contributed by atoms with van der Waals surface area (Å²) in [7, 11) is 0. The lowest BCUT2D eigenvalue weighted by atomic mass is 10.0. The van der Waals surface area contributed by atoms with Gasteiger partial charge >= 0.3 is 0 Å². The van der Waals surface area contributed by atoms with Gasteiger partial charge in [0.25, 0.3) is 5.56 Å². The summed E-state index contributed by atoms with van der Waals surface area (Å²) in [6, 6.07) is 5.70. The predicted molar refractivity (Wildman–Crippen MR) is 73.1 cm³/mol. The first-order chi connectivity index (χ1) is 8.40. The first-order valence-corrected chi connectivity index (χ1v) is 6.01. The molecule has 94 valence electrons. The van der Waals surface area contributed by atoms with Gasteiger partial charge in [0, 0.05) is 11.5 Å².